The number of aliphatic hydroxyl groups excluding tert-OH is 1. The van der Waals surface area contributed by atoms with Crippen LogP contribution in [0.5, 0.6) is 0 Å². The van der Waals surface area contributed by atoms with Crippen LogP contribution in [0.1, 0.15) is 31.2 Å². The first-order valence-electron chi connectivity index (χ1n) is 5.91. The molecular formula is C12H17N3O2S. The maximum absolute atomic E-state index is 9.16. The Morgan fingerprint density at radius 1 is 1.50 bits per heavy atom. The third-order valence-corrected chi connectivity index (χ3v) is 4.01. The van der Waals surface area contributed by atoms with Crippen LogP contribution >= 0.6 is 11.3 Å². The van der Waals surface area contributed by atoms with Gasteiger partial charge in [0.05, 0.1) is 34.6 Å². The molecule has 3 N–H and O–H groups in total. The lowest BCUT2D eigenvalue weighted by Crippen LogP contribution is -2.18. The van der Waals surface area contributed by atoms with Crippen molar-refractivity contribution >= 4 is 28.1 Å². The Morgan fingerprint density at radius 2 is 2.28 bits per heavy atom. The summed E-state index contributed by atoms with van der Waals surface area (Å²) in [7, 11) is 0. The van der Waals surface area contributed by atoms with Crippen LogP contribution in [-0.4, -0.2) is 27.8 Å². The van der Waals surface area contributed by atoms with Crippen molar-refractivity contribution in [2.75, 3.05) is 12.3 Å². The maximum Gasteiger partial charge on any atom is 0.135 e. The quantitative estimate of drug-likeness (QED) is 0.867. The number of anilines is 1. The molecule has 2 aromatic heterocycles. The second-order valence-electron chi connectivity index (χ2n) is 4.11. The Kier molecular flexibility index (Phi) is 4.11. The van der Waals surface area contributed by atoms with Gasteiger partial charge in [0.25, 0.3) is 0 Å². The van der Waals surface area contributed by atoms with Crippen LogP contribution in [0.3, 0.4) is 0 Å². The fourth-order valence-corrected chi connectivity index (χ4v) is 2.81. The van der Waals surface area contributed by atoms with Crippen molar-refractivity contribution in [1.82, 2.24) is 9.97 Å². The molecule has 0 amide bonds. The summed E-state index contributed by atoms with van der Waals surface area (Å²) < 4.78 is 5.80. The summed E-state index contributed by atoms with van der Waals surface area (Å²) >= 11 is 1.56. The summed E-state index contributed by atoms with van der Waals surface area (Å²) in [5.41, 5.74) is 6.64. The third-order valence-electron chi connectivity index (χ3n) is 2.88. The average Bonchev–Trinajstić information content (AvgIpc) is 2.81. The Balaban J connectivity index is 2.28. The van der Waals surface area contributed by atoms with E-state index >= 15 is 0 Å². The van der Waals surface area contributed by atoms with E-state index in [9.17, 15) is 0 Å². The van der Waals surface area contributed by atoms with E-state index in [2.05, 4.69) is 9.97 Å². The van der Waals surface area contributed by atoms with Crippen LogP contribution in [0.25, 0.3) is 10.9 Å². The summed E-state index contributed by atoms with van der Waals surface area (Å²) in [6, 6.07) is 0. The summed E-state index contributed by atoms with van der Waals surface area (Å²) in [6.45, 7) is 3.98. The van der Waals surface area contributed by atoms with Gasteiger partial charge >= 0.3 is 0 Å². The molecule has 0 aliphatic heterocycles. The average molecular weight is 267 g/mol. The number of hydrogen-bond acceptors (Lipinski definition) is 6. The van der Waals surface area contributed by atoms with E-state index in [1.807, 2.05) is 19.2 Å². The van der Waals surface area contributed by atoms with Crippen LogP contribution in [0, 0.1) is 0 Å². The predicted octanol–water partition coefficient (Wildman–Crippen LogP) is 2.12. The molecule has 0 aliphatic rings. The largest absolute Gasteiger partial charge is 0.394 e. The highest BCUT2D eigenvalue weighted by Gasteiger charge is 2.18. The summed E-state index contributed by atoms with van der Waals surface area (Å²) in [4.78, 5) is 9.24. The molecule has 0 spiro atoms. The zero-order valence-electron chi connectivity index (χ0n) is 10.5. The normalized spacial score (nSPS) is 14.8. The van der Waals surface area contributed by atoms with E-state index in [-0.39, 0.29) is 18.8 Å². The van der Waals surface area contributed by atoms with E-state index in [1.165, 1.54) is 6.33 Å². The molecule has 5 nitrogen and oxygen atoms in total. The van der Waals surface area contributed by atoms with Crippen LogP contribution in [-0.2, 0) is 4.74 Å². The molecule has 0 bridgehead atoms. The minimum Gasteiger partial charge on any atom is -0.394 e. The monoisotopic (exact) mass is 267 g/mol. The topological polar surface area (TPSA) is 81.3 Å². The van der Waals surface area contributed by atoms with Gasteiger partial charge in [-0.2, -0.15) is 0 Å². The van der Waals surface area contributed by atoms with Gasteiger partial charge in [0, 0.05) is 5.38 Å². The molecule has 6 heteroatoms. The number of aromatic nitrogens is 2. The molecule has 2 atom stereocenters. The lowest BCUT2D eigenvalue weighted by Gasteiger charge is -2.18. The molecular weight excluding hydrogens is 250 g/mol. The number of nitrogens with two attached hydrogens (primary N) is 1. The molecule has 0 saturated carbocycles. The number of thiophene rings is 1. The molecule has 0 saturated heterocycles. The van der Waals surface area contributed by atoms with Crippen LogP contribution in [0.2, 0.25) is 0 Å². The van der Waals surface area contributed by atoms with Crippen molar-refractivity contribution in [3.63, 3.8) is 0 Å². The first-order chi connectivity index (χ1) is 8.67. The first-order valence-corrected chi connectivity index (χ1v) is 6.79. The summed E-state index contributed by atoms with van der Waals surface area (Å²) in [5.74, 6) is 0.490. The van der Waals surface area contributed by atoms with Crippen molar-refractivity contribution in [3.05, 3.63) is 16.6 Å². The van der Waals surface area contributed by atoms with Gasteiger partial charge < -0.3 is 15.6 Å². The van der Waals surface area contributed by atoms with Gasteiger partial charge in [-0.3, -0.25) is 0 Å². The highest BCUT2D eigenvalue weighted by Crippen LogP contribution is 2.33. The number of hydrogen-bond donors (Lipinski definition) is 2. The second-order valence-corrected chi connectivity index (χ2v) is 5.02. The Morgan fingerprint density at radius 3 is 2.94 bits per heavy atom. The fraction of sp³-hybridized carbons (Fsp3) is 0.500. The van der Waals surface area contributed by atoms with Gasteiger partial charge in [0.1, 0.15) is 12.1 Å². The van der Waals surface area contributed by atoms with E-state index in [0.717, 1.165) is 22.2 Å². The summed E-state index contributed by atoms with van der Waals surface area (Å²) in [6.07, 6.45) is 1.99. The van der Waals surface area contributed by atoms with Gasteiger partial charge in [0.15, 0.2) is 0 Å². The highest BCUT2D eigenvalue weighted by atomic mass is 32.1. The van der Waals surface area contributed by atoms with Gasteiger partial charge in [-0.1, -0.05) is 6.92 Å². The number of rotatable bonds is 5. The molecule has 2 heterocycles. The van der Waals surface area contributed by atoms with E-state index in [0.29, 0.717) is 5.82 Å². The van der Waals surface area contributed by atoms with Crippen LogP contribution in [0.15, 0.2) is 11.7 Å². The molecule has 0 unspecified atom stereocenters. The predicted molar refractivity (Wildman–Crippen MR) is 72.5 cm³/mol. The third kappa shape index (κ3) is 2.45. The van der Waals surface area contributed by atoms with E-state index < -0.39 is 0 Å². The van der Waals surface area contributed by atoms with Crippen molar-refractivity contribution in [3.8, 4) is 0 Å². The SMILES string of the molecule is CC[C@@H](CO)O[C@H](C)c1scc2c(N)ncnc12. The van der Waals surface area contributed by atoms with Crippen LogP contribution in [0.4, 0.5) is 5.82 Å². The molecule has 0 aromatic carbocycles. The molecule has 0 radical (unpaired) electrons. The minimum absolute atomic E-state index is 0.0290. The number of aliphatic hydroxyl groups is 1. The van der Waals surface area contributed by atoms with Gasteiger partial charge in [-0.15, -0.1) is 11.3 Å². The Bertz CT molecular complexity index is 525. The van der Waals surface area contributed by atoms with Gasteiger partial charge in [0.2, 0.25) is 0 Å². The van der Waals surface area contributed by atoms with Crippen molar-refractivity contribution in [2.24, 2.45) is 0 Å². The standard InChI is InChI=1S/C12H17N3O2S/c1-3-8(4-16)17-7(2)11-10-9(5-18-11)12(13)15-6-14-10/h5-8,16H,3-4H2,1-2H3,(H2,13,14,15)/t7-,8+/m1/s1. The van der Waals surface area contributed by atoms with Crippen molar-refractivity contribution < 1.29 is 9.84 Å². The van der Waals surface area contributed by atoms with Crippen LogP contribution < -0.4 is 5.73 Å². The van der Waals surface area contributed by atoms with Gasteiger partial charge in [-0.05, 0) is 13.3 Å². The zero-order chi connectivity index (χ0) is 13.1. The van der Waals surface area contributed by atoms with Crippen molar-refractivity contribution in [2.45, 2.75) is 32.5 Å². The molecule has 98 valence electrons. The fourth-order valence-electron chi connectivity index (χ4n) is 1.81. The zero-order valence-corrected chi connectivity index (χ0v) is 11.3. The number of nitrogen functional groups attached to an aromatic ring is 1. The van der Waals surface area contributed by atoms with Crippen molar-refractivity contribution in [1.29, 1.82) is 0 Å². The smallest absolute Gasteiger partial charge is 0.135 e. The maximum atomic E-state index is 9.16. The lowest BCUT2D eigenvalue weighted by atomic mass is 10.2. The van der Waals surface area contributed by atoms with Gasteiger partial charge in [-0.25, -0.2) is 9.97 Å². The number of ether oxygens (including phenoxy) is 1. The molecule has 2 rings (SSSR count). The molecule has 0 fully saturated rings. The Labute approximate surface area is 110 Å². The molecule has 2 aromatic rings. The molecule has 0 aliphatic carbocycles. The first kappa shape index (κ1) is 13.2. The van der Waals surface area contributed by atoms with E-state index in [1.54, 1.807) is 11.3 Å². The number of fused-ring (bicyclic) bond motifs is 1. The highest BCUT2D eigenvalue weighted by molar-refractivity contribution is 7.11. The lowest BCUT2D eigenvalue weighted by molar-refractivity contribution is -0.0320. The molecule has 18 heavy (non-hydrogen) atoms. The number of nitrogens with zero attached hydrogens (tertiary/aromatic N) is 2. The summed E-state index contributed by atoms with van der Waals surface area (Å²) in [5, 5.41) is 12.0. The Hall–Kier alpha value is -1.24. The second kappa shape index (κ2) is 5.60. The van der Waals surface area contributed by atoms with E-state index in [4.69, 9.17) is 15.6 Å². The minimum atomic E-state index is -0.142.